The molecule has 0 radical (unpaired) electrons. The maximum atomic E-state index is 8.61. The predicted molar refractivity (Wildman–Crippen MR) is 61.4 cm³/mol. The summed E-state index contributed by atoms with van der Waals surface area (Å²) in [4.78, 5) is 0. The van der Waals surface area contributed by atoms with Crippen molar-refractivity contribution < 1.29 is 31.6 Å². The molecule has 16 heavy (non-hydrogen) atoms. The first-order valence-corrected chi connectivity index (χ1v) is 5.70. The molecule has 85 valence electrons. The van der Waals surface area contributed by atoms with Gasteiger partial charge in [-0.05, 0) is 11.6 Å². The zero-order valence-corrected chi connectivity index (χ0v) is 10.5. The second-order valence-corrected chi connectivity index (χ2v) is 2.57. The molecule has 0 aromatic heterocycles. The van der Waals surface area contributed by atoms with Crippen molar-refractivity contribution in [2.45, 2.75) is 0 Å². The van der Waals surface area contributed by atoms with Crippen molar-refractivity contribution in [2.75, 3.05) is 0 Å². The summed E-state index contributed by atoms with van der Waals surface area (Å²) in [5.41, 5.74) is 1.01. The number of aliphatic hydroxyl groups is 1. The van der Waals surface area contributed by atoms with Crippen molar-refractivity contribution in [1.29, 1.82) is 0 Å². The topological polar surface area (TPSA) is 57.5 Å². The van der Waals surface area contributed by atoms with Gasteiger partial charge in [0.2, 0.25) is 0 Å². The molecule has 0 saturated carbocycles. The maximum absolute atomic E-state index is 8.61. The molecule has 0 heterocycles. The summed E-state index contributed by atoms with van der Waals surface area (Å²) < 4.78 is 15.8. The molecule has 1 aromatic rings. The second kappa shape index (κ2) is 16.2. The average molecular weight is 255 g/mol. The summed E-state index contributed by atoms with van der Waals surface area (Å²) in [7, 11) is 0. The molecule has 1 aromatic carbocycles. The molecule has 0 unspecified atom stereocenters. The van der Waals surface area contributed by atoms with Crippen LogP contribution in [0.3, 0.4) is 0 Å². The first kappa shape index (κ1) is 17.1. The van der Waals surface area contributed by atoms with Crippen molar-refractivity contribution >= 4 is 6.08 Å². The molecule has 0 aliphatic heterocycles. The van der Waals surface area contributed by atoms with E-state index in [2.05, 4.69) is 13.2 Å². The standard InChI is InChI=1S/C8H8O.C4H6.H2O.O.Ti/c9-7-6-8-4-2-1-3-5-8;1-3-4-2;;;/h1-7,9H;3-4H,1-2H2;1H2;;/q;;;;+1/p-1. The Hall–Kier alpha value is -1.29. The fourth-order valence-electron chi connectivity index (χ4n) is 0.650. The number of hydrogen-bond acceptors (Lipinski definition) is 2. The fourth-order valence-corrected chi connectivity index (χ4v) is 0.650. The van der Waals surface area contributed by atoms with E-state index in [1.54, 1.807) is 18.2 Å². The van der Waals surface area contributed by atoms with Crippen LogP contribution in [0, 0.1) is 0 Å². The summed E-state index contributed by atoms with van der Waals surface area (Å²) in [5, 5.41) is 8.34. The Balaban J connectivity index is 0. The Morgan fingerprint density at radius 1 is 1.12 bits per heavy atom. The Morgan fingerprint density at radius 3 is 1.88 bits per heavy atom. The van der Waals surface area contributed by atoms with Crippen molar-refractivity contribution in [3.8, 4) is 0 Å². The number of hydrogen-bond donors (Lipinski definition) is 2. The number of aliphatic hydroxyl groups excluding tert-OH is 1. The van der Waals surface area contributed by atoms with Crippen LogP contribution in [-0.4, -0.2) is 8.79 Å². The van der Waals surface area contributed by atoms with E-state index in [1.165, 1.54) is 0 Å². The summed E-state index contributed by atoms with van der Waals surface area (Å²) in [5.74, 6) is 0. The minimum atomic E-state index is -1.75. The molecule has 1 rings (SSSR count). The molecule has 0 amide bonds. The third kappa shape index (κ3) is 15.2. The monoisotopic (exact) mass is 255 g/mol. The molecular formula is C12H15O3Ti. The van der Waals surface area contributed by atoms with Crippen LogP contribution < -0.4 is 0 Å². The zero-order chi connectivity index (χ0) is 12.6. The Kier molecular flexibility index (Phi) is 17.3. The van der Waals surface area contributed by atoms with Gasteiger partial charge in [-0.25, -0.2) is 0 Å². The second-order valence-electron chi connectivity index (χ2n) is 2.29. The van der Waals surface area contributed by atoms with Crippen LogP contribution in [0.4, 0.5) is 0 Å². The van der Waals surface area contributed by atoms with Crippen LogP contribution in [0.5, 0.6) is 0 Å². The van der Waals surface area contributed by atoms with Gasteiger partial charge in [-0.3, -0.25) is 0 Å². The average Bonchev–Trinajstić information content (AvgIpc) is 2.32. The predicted octanol–water partition coefficient (Wildman–Crippen LogP) is 2.90. The Bertz CT molecular complexity index is 301. The molecule has 0 aliphatic rings. The summed E-state index contributed by atoms with van der Waals surface area (Å²) in [6.07, 6.45) is 5.95. The Labute approximate surface area is 105 Å². The molecule has 0 aliphatic carbocycles. The fraction of sp³-hybridized carbons (Fsp3) is 0. The van der Waals surface area contributed by atoms with Gasteiger partial charge in [0, 0.05) is 0 Å². The molecular weight excluding hydrogens is 240 g/mol. The van der Waals surface area contributed by atoms with E-state index >= 15 is 0 Å². The van der Waals surface area contributed by atoms with Gasteiger partial charge >= 0.3 is 26.5 Å². The van der Waals surface area contributed by atoms with Crippen LogP contribution in [0.1, 0.15) is 5.56 Å². The van der Waals surface area contributed by atoms with Gasteiger partial charge in [0.15, 0.2) is 0 Å². The molecule has 0 bridgehead atoms. The third-order valence-electron chi connectivity index (χ3n) is 1.23. The van der Waals surface area contributed by atoms with E-state index in [1.807, 2.05) is 30.3 Å². The Morgan fingerprint density at radius 2 is 1.56 bits per heavy atom. The van der Waals surface area contributed by atoms with Crippen molar-refractivity contribution in [3.63, 3.8) is 0 Å². The van der Waals surface area contributed by atoms with Gasteiger partial charge in [-0.1, -0.05) is 55.6 Å². The first-order chi connectivity index (χ1) is 7.76. The van der Waals surface area contributed by atoms with Gasteiger partial charge in [0.05, 0.1) is 6.26 Å². The van der Waals surface area contributed by atoms with Gasteiger partial charge in [-0.2, -0.15) is 0 Å². The number of benzene rings is 1. The zero-order valence-electron chi connectivity index (χ0n) is 8.91. The van der Waals surface area contributed by atoms with Crippen LogP contribution in [-0.2, 0) is 22.8 Å². The van der Waals surface area contributed by atoms with Crippen LogP contribution in [0.15, 0.2) is 61.9 Å². The number of rotatable bonds is 2. The van der Waals surface area contributed by atoms with Gasteiger partial charge in [0.25, 0.3) is 0 Å². The minimum absolute atomic E-state index is 1.01. The molecule has 0 saturated heterocycles. The van der Waals surface area contributed by atoms with Crippen molar-refractivity contribution in [3.05, 3.63) is 67.5 Å². The summed E-state index contributed by atoms with van der Waals surface area (Å²) in [6.45, 7) is 6.72. The molecule has 3 nitrogen and oxygen atoms in total. The third-order valence-corrected chi connectivity index (χ3v) is 1.23. The molecule has 4 heteroatoms. The van der Waals surface area contributed by atoms with Gasteiger partial charge in [-0.15, -0.1) is 0 Å². The van der Waals surface area contributed by atoms with Crippen LogP contribution in [0.25, 0.3) is 6.08 Å². The molecule has 0 fully saturated rings. The van der Waals surface area contributed by atoms with Crippen LogP contribution in [0.2, 0.25) is 0 Å². The van der Waals surface area contributed by atoms with E-state index in [0.717, 1.165) is 11.8 Å². The first-order valence-electron chi connectivity index (χ1n) is 4.37. The van der Waals surface area contributed by atoms with E-state index in [0.29, 0.717) is 0 Å². The van der Waals surface area contributed by atoms with E-state index in [4.69, 9.17) is 12.1 Å². The van der Waals surface area contributed by atoms with Crippen molar-refractivity contribution in [1.82, 2.24) is 0 Å². The van der Waals surface area contributed by atoms with E-state index in [-0.39, 0.29) is 0 Å². The van der Waals surface area contributed by atoms with Crippen molar-refractivity contribution in [2.24, 2.45) is 0 Å². The summed E-state index contributed by atoms with van der Waals surface area (Å²) in [6, 6.07) is 9.64. The van der Waals surface area contributed by atoms with E-state index < -0.39 is 19.5 Å². The quantitative estimate of drug-likeness (QED) is 0.485. The SMILES string of the molecule is C=CC=C.OC=Cc1ccccc1.[O]=[Ti][OH]. The van der Waals surface area contributed by atoms with Gasteiger partial charge in [0.1, 0.15) is 0 Å². The van der Waals surface area contributed by atoms with Crippen LogP contribution >= 0.6 is 0 Å². The molecule has 0 spiro atoms. The van der Waals surface area contributed by atoms with E-state index in [9.17, 15) is 0 Å². The normalized spacial score (nSPS) is 7.56. The molecule has 2 N–H and O–H groups in total. The summed E-state index contributed by atoms with van der Waals surface area (Å²) >= 11 is -1.75. The number of allylic oxidation sites excluding steroid dienone is 2. The molecule has 0 atom stereocenters. The van der Waals surface area contributed by atoms with Gasteiger partial charge < -0.3 is 5.11 Å².